The summed E-state index contributed by atoms with van der Waals surface area (Å²) in [6, 6.07) is 30.9. The summed E-state index contributed by atoms with van der Waals surface area (Å²) >= 11 is 0. The molecule has 1 aliphatic heterocycles. The van der Waals surface area contributed by atoms with Crippen molar-refractivity contribution >= 4 is 0 Å². The van der Waals surface area contributed by atoms with Gasteiger partial charge in [0.1, 0.15) is 18.8 Å². The van der Waals surface area contributed by atoms with E-state index in [0.717, 1.165) is 5.56 Å². The molecule has 1 fully saturated rings. The lowest BCUT2D eigenvalue weighted by atomic mass is 9.97. The highest BCUT2D eigenvalue weighted by Gasteiger charge is 2.48. The molecule has 0 N–H and O–H groups in total. The summed E-state index contributed by atoms with van der Waals surface area (Å²) < 4.78 is 19.1. The Kier molecular flexibility index (Phi) is 6.61. The van der Waals surface area contributed by atoms with Gasteiger partial charge < -0.3 is 14.2 Å². The number of benzene rings is 3. The quantitative estimate of drug-likeness (QED) is 0.396. The van der Waals surface area contributed by atoms with Crippen molar-refractivity contribution in [3.05, 3.63) is 108 Å². The second-order valence-corrected chi connectivity index (χ2v) is 7.56. The molecule has 0 aromatic heterocycles. The molecule has 0 saturated carbocycles. The van der Waals surface area contributed by atoms with E-state index in [1.165, 1.54) is 11.1 Å². The fraction of sp³-hybridized carbons (Fsp3) is 0.259. The second kappa shape index (κ2) is 9.73. The molecule has 3 heteroatoms. The van der Waals surface area contributed by atoms with Crippen LogP contribution in [0.1, 0.15) is 22.8 Å². The zero-order valence-electron chi connectivity index (χ0n) is 16.9. The highest BCUT2D eigenvalue weighted by molar-refractivity contribution is 5.24. The van der Waals surface area contributed by atoms with Crippen LogP contribution < -0.4 is 0 Å². The summed E-state index contributed by atoms with van der Waals surface area (Å²) in [6.07, 6.45) is 6.20. The molecule has 30 heavy (non-hydrogen) atoms. The molecule has 0 radical (unpaired) electrons. The van der Waals surface area contributed by atoms with Gasteiger partial charge in [0.15, 0.2) is 5.79 Å². The lowest BCUT2D eigenvalue weighted by Gasteiger charge is -2.29. The van der Waals surface area contributed by atoms with Crippen molar-refractivity contribution in [2.75, 3.05) is 13.2 Å². The maximum atomic E-state index is 6.73. The molecule has 1 saturated heterocycles. The van der Waals surface area contributed by atoms with Crippen LogP contribution in [0.4, 0.5) is 0 Å². The van der Waals surface area contributed by atoms with Crippen molar-refractivity contribution in [2.45, 2.75) is 30.8 Å². The van der Waals surface area contributed by atoms with Crippen LogP contribution in [0.5, 0.6) is 0 Å². The second-order valence-electron chi connectivity index (χ2n) is 7.56. The van der Waals surface area contributed by atoms with Crippen LogP contribution in [-0.4, -0.2) is 25.1 Å². The first kappa shape index (κ1) is 20.4. The standard InChI is InChI=1S/C27H26O3/c1-2-18-28-21-25-26(24-16-10-5-11-17-24)30-27(29-25,19-22-12-6-3-7-13-22)20-23-14-8-4-9-15-23/h1,3-17,25-26H,18-21H2/t25-,26-/m1/s1. The van der Waals surface area contributed by atoms with Crippen LogP contribution in [-0.2, 0) is 27.1 Å². The molecule has 1 aliphatic rings. The maximum Gasteiger partial charge on any atom is 0.177 e. The van der Waals surface area contributed by atoms with E-state index in [1.807, 2.05) is 54.6 Å². The van der Waals surface area contributed by atoms with Crippen LogP contribution in [0, 0.1) is 12.3 Å². The number of terminal acetylenes is 1. The van der Waals surface area contributed by atoms with Gasteiger partial charge in [0, 0.05) is 12.8 Å². The summed E-state index contributed by atoms with van der Waals surface area (Å²) in [4.78, 5) is 0. The van der Waals surface area contributed by atoms with E-state index in [2.05, 4.69) is 42.3 Å². The zero-order chi connectivity index (χ0) is 20.7. The summed E-state index contributed by atoms with van der Waals surface area (Å²) in [5.41, 5.74) is 3.42. The summed E-state index contributed by atoms with van der Waals surface area (Å²) in [6.45, 7) is 0.640. The molecule has 152 valence electrons. The molecular weight excluding hydrogens is 372 g/mol. The monoisotopic (exact) mass is 398 g/mol. The minimum atomic E-state index is -0.784. The Morgan fingerprint density at radius 2 is 1.30 bits per heavy atom. The van der Waals surface area contributed by atoms with E-state index in [4.69, 9.17) is 20.6 Å². The first-order valence-corrected chi connectivity index (χ1v) is 10.3. The summed E-state index contributed by atoms with van der Waals surface area (Å²) in [7, 11) is 0. The Balaban J connectivity index is 1.66. The van der Waals surface area contributed by atoms with Crippen LogP contribution in [0.3, 0.4) is 0 Å². The first-order valence-electron chi connectivity index (χ1n) is 10.3. The van der Waals surface area contributed by atoms with Gasteiger partial charge in [-0.3, -0.25) is 0 Å². The predicted octanol–water partition coefficient (Wildman–Crippen LogP) is 4.97. The lowest BCUT2D eigenvalue weighted by molar-refractivity contribution is -0.177. The predicted molar refractivity (Wildman–Crippen MR) is 118 cm³/mol. The maximum absolute atomic E-state index is 6.73. The topological polar surface area (TPSA) is 27.7 Å². The largest absolute Gasteiger partial charge is 0.366 e. The highest BCUT2D eigenvalue weighted by Crippen LogP contribution is 2.42. The molecule has 0 amide bonds. The fourth-order valence-electron chi connectivity index (χ4n) is 4.00. The minimum absolute atomic E-state index is 0.226. The normalized spacial score (nSPS) is 20.0. The van der Waals surface area contributed by atoms with Crippen molar-refractivity contribution in [2.24, 2.45) is 0 Å². The third-order valence-electron chi connectivity index (χ3n) is 5.27. The smallest absolute Gasteiger partial charge is 0.177 e. The van der Waals surface area contributed by atoms with Crippen molar-refractivity contribution in [3.8, 4) is 12.3 Å². The highest BCUT2D eigenvalue weighted by atomic mass is 16.8. The van der Waals surface area contributed by atoms with Crippen molar-refractivity contribution in [1.29, 1.82) is 0 Å². The van der Waals surface area contributed by atoms with Crippen molar-refractivity contribution < 1.29 is 14.2 Å². The molecule has 3 aromatic rings. The van der Waals surface area contributed by atoms with Crippen molar-refractivity contribution in [3.63, 3.8) is 0 Å². The Morgan fingerprint density at radius 3 is 1.83 bits per heavy atom. The number of hydrogen-bond acceptors (Lipinski definition) is 3. The van der Waals surface area contributed by atoms with Gasteiger partial charge in [-0.25, -0.2) is 0 Å². The Morgan fingerprint density at radius 1 is 0.767 bits per heavy atom. The van der Waals surface area contributed by atoms with E-state index in [0.29, 0.717) is 19.4 Å². The Labute approximate surface area is 178 Å². The van der Waals surface area contributed by atoms with Gasteiger partial charge in [-0.1, -0.05) is 96.9 Å². The fourth-order valence-corrected chi connectivity index (χ4v) is 4.00. The molecule has 0 aliphatic carbocycles. The number of rotatable bonds is 8. The van der Waals surface area contributed by atoms with Crippen LogP contribution in [0.15, 0.2) is 91.0 Å². The molecule has 4 rings (SSSR count). The van der Waals surface area contributed by atoms with Gasteiger partial charge in [-0.15, -0.1) is 6.42 Å². The van der Waals surface area contributed by atoms with Gasteiger partial charge in [0.05, 0.1) is 6.61 Å². The minimum Gasteiger partial charge on any atom is -0.366 e. The molecule has 2 atom stereocenters. The van der Waals surface area contributed by atoms with E-state index >= 15 is 0 Å². The average Bonchev–Trinajstić information content (AvgIpc) is 3.14. The zero-order valence-corrected chi connectivity index (χ0v) is 16.9. The summed E-state index contributed by atoms with van der Waals surface area (Å²) in [5.74, 6) is 1.74. The van der Waals surface area contributed by atoms with Gasteiger partial charge in [-0.2, -0.15) is 0 Å². The van der Waals surface area contributed by atoms with Crippen molar-refractivity contribution in [1.82, 2.24) is 0 Å². The first-order chi connectivity index (χ1) is 14.8. The summed E-state index contributed by atoms with van der Waals surface area (Å²) in [5, 5.41) is 0. The van der Waals surface area contributed by atoms with Gasteiger partial charge >= 0.3 is 0 Å². The van der Waals surface area contributed by atoms with Crippen LogP contribution >= 0.6 is 0 Å². The number of ether oxygens (including phenoxy) is 3. The van der Waals surface area contributed by atoms with E-state index in [1.54, 1.807) is 0 Å². The number of hydrogen-bond donors (Lipinski definition) is 0. The molecule has 0 unspecified atom stereocenters. The van der Waals surface area contributed by atoms with Gasteiger partial charge in [0.2, 0.25) is 0 Å². The molecule has 1 heterocycles. The third kappa shape index (κ3) is 4.98. The molecule has 3 aromatic carbocycles. The SMILES string of the molecule is C#CCOC[C@H]1OC(Cc2ccccc2)(Cc2ccccc2)O[C@@H]1c1ccccc1. The van der Waals surface area contributed by atoms with E-state index in [-0.39, 0.29) is 18.8 Å². The molecular formula is C27H26O3. The van der Waals surface area contributed by atoms with Crippen LogP contribution in [0.2, 0.25) is 0 Å². The molecule has 3 nitrogen and oxygen atoms in total. The van der Waals surface area contributed by atoms with Crippen LogP contribution in [0.25, 0.3) is 0 Å². The molecule has 0 bridgehead atoms. The Hall–Kier alpha value is -2.90. The Bertz CT molecular complexity index is 906. The molecule has 0 spiro atoms. The van der Waals surface area contributed by atoms with Gasteiger partial charge in [-0.05, 0) is 16.7 Å². The van der Waals surface area contributed by atoms with E-state index in [9.17, 15) is 0 Å². The van der Waals surface area contributed by atoms with Gasteiger partial charge in [0.25, 0.3) is 0 Å². The van der Waals surface area contributed by atoms with E-state index < -0.39 is 5.79 Å². The average molecular weight is 399 g/mol. The lowest BCUT2D eigenvalue weighted by Crippen LogP contribution is -2.37. The third-order valence-corrected chi connectivity index (χ3v) is 5.27.